The number of rotatable bonds is 14. The number of aliphatic hydroxyl groups is 1. The van der Waals surface area contributed by atoms with Gasteiger partial charge in [-0.2, -0.15) is 0 Å². The van der Waals surface area contributed by atoms with Crippen LogP contribution in [0, 0.1) is 0 Å². The molecule has 1 aromatic rings. The average Bonchev–Trinajstić information content (AvgIpc) is 2.88. The highest BCUT2D eigenvalue weighted by atomic mass is 16.5. The minimum atomic E-state index is -0.165. The Labute approximate surface area is 209 Å². The molecule has 0 spiro atoms. The quantitative estimate of drug-likeness (QED) is 0.312. The number of anilines is 1. The Morgan fingerprint density at radius 1 is 0.857 bits per heavy atom. The van der Waals surface area contributed by atoms with Gasteiger partial charge in [0.1, 0.15) is 17.3 Å². The molecule has 0 radical (unpaired) electrons. The van der Waals surface area contributed by atoms with E-state index in [9.17, 15) is 5.11 Å². The molecule has 0 aromatic heterocycles. The fraction of sp³-hybridized carbons (Fsp3) is 0.276. The molecule has 6 heteroatoms. The number of methoxy groups -OCH3 is 3. The van der Waals surface area contributed by atoms with Crippen molar-refractivity contribution in [3.05, 3.63) is 103 Å². The number of hydrogen-bond donors (Lipinski definition) is 1. The molecule has 0 atom stereocenters. The van der Waals surface area contributed by atoms with E-state index >= 15 is 0 Å². The monoisotopic (exact) mass is 477 g/mol. The molecule has 0 amide bonds. The molecule has 0 unspecified atom stereocenters. The second kappa shape index (κ2) is 13.8. The van der Waals surface area contributed by atoms with Crippen LogP contribution in [0.25, 0.3) is 6.08 Å². The Bertz CT molecular complexity index is 1000. The maximum absolute atomic E-state index is 10.2. The lowest BCUT2D eigenvalue weighted by atomic mass is 9.97. The van der Waals surface area contributed by atoms with Crippen LogP contribution in [0.5, 0.6) is 5.75 Å². The van der Waals surface area contributed by atoms with E-state index < -0.39 is 0 Å². The molecule has 0 fully saturated rings. The molecule has 186 valence electrons. The molecule has 1 aliphatic rings. The van der Waals surface area contributed by atoms with Crippen molar-refractivity contribution in [1.29, 1.82) is 0 Å². The molecule has 0 heterocycles. The summed E-state index contributed by atoms with van der Waals surface area (Å²) in [5.41, 5.74) is 4.03. The topological polar surface area (TPSA) is 54.2 Å². The van der Waals surface area contributed by atoms with E-state index in [4.69, 9.17) is 14.2 Å². The highest BCUT2D eigenvalue weighted by Crippen LogP contribution is 2.35. The number of ether oxygens (including phenoxy) is 3. The van der Waals surface area contributed by atoms with Gasteiger partial charge in [-0.3, -0.25) is 0 Å². The van der Waals surface area contributed by atoms with Gasteiger partial charge in [-0.1, -0.05) is 25.3 Å². The SMILES string of the molecule is C=CCN(CC=C)c1cc(CO)c(C=C2C(OC)=CC(=[N+](CC=C)CC=C)C=C2OC)c(OC)c1. The Hall–Kier alpha value is -3.77. The van der Waals surface area contributed by atoms with Crippen molar-refractivity contribution in [2.24, 2.45) is 0 Å². The summed E-state index contributed by atoms with van der Waals surface area (Å²) in [5.74, 6) is 1.89. The summed E-state index contributed by atoms with van der Waals surface area (Å²) in [4.78, 5) is 2.09. The number of nitrogens with zero attached hydrogens (tertiary/aromatic N) is 2. The largest absolute Gasteiger partial charge is 0.496 e. The first-order valence-corrected chi connectivity index (χ1v) is 11.4. The Kier molecular flexibility index (Phi) is 10.8. The normalized spacial score (nSPS) is 12.7. The van der Waals surface area contributed by atoms with E-state index in [0.29, 0.717) is 49.0 Å². The summed E-state index contributed by atoms with van der Waals surface area (Å²) in [6.45, 7) is 17.8. The van der Waals surface area contributed by atoms with Crippen LogP contribution in [0.3, 0.4) is 0 Å². The lowest BCUT2D eigenvalue weighted by Crippen LogP contribution is -2.23. The highest BCUT2D eigenvalue weighted by Gasteiger charge is 2.25. The summed E-state index contributed by atoms with van der Waals surface area (Å²) in [6, 6.07) is 3.89. The first-order chi connectivity index (χ1) is 17.0. The summed E-state index contributed by atoms with van der Waals surface area (Å²) in [6.07, 6.45) is 13.2. The molecule has 0 aliphatic heterocycles. The predicted molar refractivity (Wildman–Crippen MR) is 145 cm³/mol. The molecule has 2 rings (SSSR count). The molecule has 0 bridgehead atoms. The standard InChI is InChI=1S/C29H37N2O4/c1-8-12-30(13-9-2)23-16-22(21-32)25(27(17-23)33-5)20-26-28(34-6)18-24(19-29(26)35-7)31(14-10-3)15-11-4/h8-11,16-20,32H,1-4,12-15,21H2,5-7H3/q+1. The Balaban J connectivity index is 2.71. The molecule has 0 saturated carbocycles. The summed E-state index contributed by atoms with van der Waals surface area (Å²) in [7, 11) is 4.86. The van der Waals surface area contributed by atoms with Crippen LogP contribution >= 0.6 is 0 Å². The van der Waals surface area contributed by atoms with Crippen LogP contribution in [0.15, 0.2) is 92.0 Å². The lowest BCUT2D eigenvalue weighted by molar-refractivity contribution is -0.505. The van der Waals surface area contributed by atoms with Crippen LogP contribution in [-0.4, -0.2) is 62.9 Å². The summed E-state index contributed by atoms with van der Waals surface area (Å²) in [5, 5.41) is 10.2. The van der Waals surface area contributed by atoms with Crippen LogP contribution in [-0.2, 0) is 16.1 Å². The van der Waals surface area contributed by atoms with Crippen molar-refractivity contribution in [3.8, 4) is 5.75 Å². The fourth-order valence-corrected chi connectivity index (χ4v) is 3.90. The minimum Gasteiger partial charge on any atom is -0.496 e. The maximum atomic E-state index is 10.2. The van der Waals surface area contributed by atoms with Gasteiger partial charge in [0.2, 0.25) is 5.71 Å². The van der Waals surface area contributed by atoms with Crippen molar-refractivity contribution < 1.29 is 23.9 Å². The van der Waals surface area contributed by atoms with Crippen LogP contribution in [0.4, 0.5) is 5.69 Å². The lowest BCUT2D eigenvalue weighted by Gasteiger charge is -2.24. The van der Waals surface area contributed by atoms with Gasteiger partial charge in [0, 0.05) is 30.4 Å². The molecular weight excluding hydrogens is 440 g/mol. The van der Waals surface area contributed by atoms with E-state index in [2.05, 4.69) is 35.8 Å². The van der Waals surface area contributed by atoms with Crippen LogP contribution < -0.4 is 9.64 Å². The van der Waals surface area contributed by atoms with Gasteiger partial charge in [-0.25, -0.2) is 4.58 Å². The predicted octanol–water partition coefficient (Wildman–Crippen LogP) is 4.65. The second-order valence-corrected chi connectivity index (χ2v) is 7.75. The minimum absolute atomic E-state index is 0.165. The number of benzene rings is 1. The number of allylic oxidation sites excluding steroid dienone is 2. The first kappa shape index (κ1) is 27.5. The van der Waals surface area contributed by atoms with E-state index in [1.54, 1.807) is 21.3 Å². The van der Waals surface area contributed by atoms with Crippen molar-refractivity contribution in [1.82, 2.24) is 0 Å². The van der Waals surface area contributed by atoms with E-state index in [0.717, 1.165) is 22.5 Å². The zero-order chi connectivity index (χ0) is 25.8. The van der Waals surface area contributed by atoms with Gasteiger partial charge in [-0.05, 0) is 29.9 Å². The third-order valence-corrected chi connectivity index (χ3v) is 5.55. The molecule has 35 heavy (non-hydrogen) atoms. The van der Waals surface area contributed by atoms with Gasteiger partial charge >= 0.3 is 0 Å². The zero-order valence-electron chi connectivity index (χ0n) is 21.1. The van der Waals surface area contributed by atoms with Crippen molar-refractivity contribution >= 4 is 17.5 Å². The van der Waals surface area contributed by atoms with Gasteiger partial charge in [0.15, 0.2) is 13.1 Å². The molecule has 0 saturated heterocycles. The van der Waals surface area contributed by atoms with Crippen molar-refractivity contribution in [2.75, 3.05) is 52.4 Å². The van der Waals surface area contributed by atoms with Crippen LogP contribution in [0.2, 0.25) is 0 Å². The van der Waals surface area contributed by atoms with Crippen LogP contribution in [0.1, 0.15) is 11.1 Å². The van der Waals surface area contributed by atoms with Crippen molar-refractivity contribution in [2.45, 2.75) is 6.61 Å². The third-order valence-electron chi connectivity index (χ3n) is 5.55. The summed E-state index contributed by atoms with van der Waals surface area (Å²) >= 11 is 0. The molecule has 6 nitrogen and oxygen atoms in total. The highest BCUT2D eigenvalue weighted by molar-refractivity contribution is 6.04. The fourth-order valence-electron chi connectivity index (χ4n) is 3.90. The Morgan fingerprint density at radius 3 is 1.86 bits per heavy atom. The molecule has 1 N–H and O–H groups in total. The summed E-state index contributed by atoms with van der Waals surface area (Å²) < 4.78 is 19.4. The molecule has 1 aromatic carbocycles. The zero-order valence-corrected chi connectivity index (χ0v) is 21.1. The average molecular weight is 478 g/mol. The van der Waals surface area contributed by atoms with Gasteiger partial charge in [-0.15, -0.1) is 13.2 Å². The van der Waals surface area contributed by atoms with E-state index in [-0.39, 0.29) is 6.61 Å². The maximum Gasteiger partial charge on any atom is 0.207 e. The van der Waals surface area contributed by atoms with Gasteiger partial charge in [0.25, 0.3) is 0 Å². The second-order valence-electron chi connectivity index (χ2n) is 7.75. The van der Waals surface area contributed by atoms with Crippen molar-refractivity contribution in [3.63, 3.8) is 0 Å². The smallest absolute Gasteiger partial charge is 0.207 e. The number of aliphatic hydroxyl groups excluding tert-OH is 1. The first-order valence-electron chi connectivity index (χ1n) is 11.4. The van der Waals surface area contributed by atoms with E-state index in [1.165, 1.54) is 0 Å². The van der Waals surface area contributed by atoms with Gasteiger partial charge < -0.3 is 24.2 Å². The van der Waals surface area contributed by atoms with Gasteiger partial charge in [0.05, 0.1) is 45.7 Å². The Morgan fingerprint density at radius 2 is 1.43 bits per heavy atom. The molecule has 1 aliphatic carbocycles. The third kappa shape index (κ3) is 6.64. The van der Waals surface area contributed by atoms with E-state index in [1.807, 2.05) is 54.7 Å². The molecular formula is C29H37N2O4+. The number of hydrogen-bond acceptors (Lipinski definition) is 5.